The first-order chi connectivity index (χ1) is 3.00. The van der Waals surface area contributed by atoms with Gasteiger partial charge >= 0.3 is 59.2 Å². The van der Waals surface area contributed by atoms with Crippen LogP contribution in [0.15, 0.2) is 0 Å². The number of rotatable bonds is 0. The topological polar surface area (TPSA) is 104 Å². The molecule has 0 aliphatic carbocycles. The van der Waals surface area contributed by atoms with Gasteiger partial charge in [-0.05, 0) is 7.05 Å². The third-order valence-corrected chi connectivity index (χ3v) is 0. The second-order valence-corrected chi connectivity index (χ2v) is 1.54. The van der Waals surface area contributed by atoms with Crippen LogP contribution in [-0.2, 0) is 4.57 Å². The number of hydrogen-bond acceptors (Lipinski definition) is 2. The van der Waals surface area contributed by atoms with E-state index in [0.717, 1.165) is 0 Å². The Hall–Kier alpha value is 1.71. The van der Waals surface area contributed by atoms with Crippen LogP contribution in [0.4, 0.5) is 0 Å². The van der Waals surface area contributed by atoms with E-state index in [4.69, 9.17) is 19.2 Å². The van der Waals surface area contributed by atoms with Crippen LogP contribution >= 0.6 is 7.82 Å². The molecule has 48 valence electrons. The van der Waals surface area contributed by atoms with E-state index >= 15 is 0 Å². The number of hydrogen-bond donors (Lipinski definition) is 4. The van der Waals surface area contributed by atoms with Crippen molar-refractivity contribution in [2.24, 2.45) is 5.73 Å². The Kier molecular flexibility index (Phi) is 17.8. The second kappa shape index (κ2) is 8.71. The van der Waals surface area contributed by atoms with Crippen LogP contribution in [-0.4, -0.2) is 73.1 Å². The van der Waals surface area contributed by atoms with Gasteiger partial charge in [-0.3, -0.25) is 0 Å². The zero-order valence-electron chi connectivity index (χ0n) is 3.77. The van der Waals surface area contributed by atoms with Gasteiger partial charge in [0.2, 0.25) is 0 Å². The van der Waals surface area contributed by atoms with E-state index in [0.29, 0.717) is 0 Å². The van der Waals surface area contributed by atoms with Crippen molar-refractivity contribution in [1.29, 1.82) is 0 Å². The number of nitrogens with two attached hydrogens (primary N) is 1. The fourth-order valence-corrected chi connectivity index (χ4v) is 0. The van der Waals surface area contributed by atoms with E-state index in [2.05, 4.69) is 5.73 Å². The maximum absolute atomic E-state index is 8.88. The summed E-state index contributed by atoms with van der Waals surface area (Å²) in [5.74, 6) is 0. The molecule has 0 heterocycles. The summed E-state index contributed by atoms with van der Waals surface area (Å²) in [7, 11) is -3.14. The van der Waals surface area contributed by atoms with Crippen molar-refractivity contribution >= 4 is 59.2 Å². The molecular formula is CH9KNO4P. The van der Waals surface area contributed by atoms with Crippen molar-refractivity contribution in [3.05, 3.63) is 0 Å². The standard InChI is InChI=1S/CH5N.K.H3O4P.H/c1-2;;1-5(2,3)4;/h2H2,1H3;;(H3,1,2,3,4);. The normalized spacial score (nSPS) is 8.12. The molecule has 8 heavy (non-hydrogen) atoms. The van der Waals surface area contributed by atoms with E-state index in [-0.39, 0.29) is 51.4 Å². The van der Waals surface area contributed by atoms with Crippen molar-refractivity contribution in [3.8, 4) is 0 Å². The van der Waals surface area contributed by atoms with Crippen molar-refractivity contribution in [2.75, 3.05) is 7.05 Å². The number of phosphoric acid groups is 1. The van der Waals surface area contributed by atoms with Gasteiger partial charge in [0.05, 0.1) is 0 Å². The molecule has 0 aromatic carbocycles. The van der Waals surface area contributed by atoms with Crippen molar-refractivity contribution < 1.29 is 19.2 Å². The molecule has 7 heteroatoms. The summed E-state index contributed by atoms with van der Waals surface area (Å²) >= 11 is 0. The summed E-state index contributed by atoms with van der Waals surface area (Å²) in [6, 6.07) is 0. The van der Waals surface area contributed by atoms with Crippen LogP contribution in [0, 0.1) is 0 Å². The first-order valence-corrected chi connectivity index (χ1v) is 2.93. The predicted octanol–water partition coefficient (Wildman–Crippen LogP) is -2.00. The summed E-state index contributed by atoms with van der Waals surface area (Å²) in [6.07, 6.45) is 0. The van der Waals surface area contributed by atoms with E-state index in [1.165, 1.54) is 7.05 Å². The van der Waals surface area contributed by atoms with Gasteiger partial charge in [-0.25, -0.2) is 4.57 Å². The van der Waals surface area contributed by atoms with E-state index in [9.17, 15) is 0 Å². The average molecular weight is 169 g/mol. The minimum absolute atomic E-state index is 0. The molecular weight excluding hydrogens is 160 g/mol. The Morgan fingerprint density at radius 1 is 1.25 bits per heavy atom. The summed E-state index contributed by atoms with van der Waals surface area (Å²) in [5, 5.41) is 0. The van der Waals surface area contributed by atoms with Gasteiger partial charge < -0.3 is 20.4 Å². The Labute approximate surface area is 89.9 Å². The molecule has 0 rings (SSSR count). The maximum atomic E-state index is 8.88. The molecule has 0 amide bonds. The third-order valence-electron chi connectivity index (χ3n) is 0. The van der Waals surface area contributed by atoms with Crippen molar-refractivity contribution in [2.45, 2.75) is 0 Å². The van der Waals surface area contributed by atoms with Crippen molar-refractivity contribution in [1.82, 2.24) is 0 Å². The van der Waals surface area contributed by atoms with Gasteiger partial charge in [0.25, 0.3) is 0 Å². The van der Waals surface area contributed by atoms with Gasteiger partial charge in [-0.1, -0.05) is 0 Å². The molecule has 0 atom stereocenters. The van der Waals surface area contributed by atoms with Crippen LogP contribution in [0.2, 0.25) is 0 Å². The minimum atomic E-state index is -4.64. The molecule has 0 saturated carbocycles. The molecule has 5 nitrogen and oxygen atoms in total. The first kappa shape index (κ1) is 16.4. The Morgan fingerprint density at radius 3 is 1.25 bits per heavy atom. The van der Waals surface area contributed by atoms with Crippen molar-refractivity contribution in [3.63, 3.8) is 0 Å². The Bertz CT molecular complexity index is 62.2. The summed E-state index contributed by atoms with van der Waals surface area (Å²) in [4.78, 5) is 21.6. The molecule has 0 aromatic rings. The molecule has 0 aliphatic rings. The molecule has 0 unspecified atom stereocenters. The molecule has 0 saturated heterocycles. The van der Waals surface area contributed by atoms with Crippen LogP contribution < -0.4 is 5.73 Å². The van der Waals surface area contributed by atoms with E-state index in [1.54, 1.807) is 0 Å². The fraction of sp³-hybridized carbons (Fsp3) is 1.00. The molecule has 0 spiro atoms. The molecule has 5 N–H and O–H groups in total. The predicted molar refractivity (Wildman–Crippen MR) is 31.5 cm³/mol. The molecule has 0 radical (unpaired) electrons. The zero-order chi connectivity index (χ0) is 6.50. The van der Waals surface area contributed by atoms with Crippen LogP contribution in [0.1, 0.15) is 0 Å². The van der Waals surface area contributed by atoms with Crippen LogP contribution in [0.3, 0.4) is 0 Å². The second-order valence-electron chi connectivity index (χ2n) is 0.513. The quantitative estimate of drug-likeness (QED) is 0.248. The monoisotopic (exact) mass is 169 g/mol. The van der Waals surface area contributed by atoms with E-state index < -0.39 is 7.82 Å². The van der Waals surface area contributed by atoms with Gasteiger partial charge in [-0.2, -0.15) is 0 Å². The molecule has 0 fully saturated rings. The van der Waals surface area contributed by atoms with Crippen LogP contribution in [0.5, 0.6) is 0 Å². The summed E-state index contributed by atoms with van der Waals surface area (Å²) in [6.45, 7) is 0. The summed E-state index contributed by atoms with van der Waals surface area (Å²) < 4.78 is 8.88. The first-order valence-electron chi connectivity index (χ1n) is 1.36. The van der Waals surface area contributed by atoms with E-state index in [1.807, 2.05) is 0 Å². The summed E-state index contributed by atoms with van der Waals surface area (Å²) in [5.41, 5.74) is 4.50. The SMILES string of the molecule is CN.O=P(O)(O)O.[KH]. The zero-order valence-corrected chi connectivity index (χ0v) is 4.67. The Morgan fingerprint density at radius 2 is 1.25 bits per heavy atom. The third kappa shape index (κ3) is 119. The van der Waals surface area contributed by atoms with Gasteiger partial charge in [0, 0.05) is 0 Å². The molecule has 0 bridgehead atoms. The van der Waals surface area contributed by atoms with Gasteiger partial charge in [0.15, 0.2) is 0 Å². The van der Waals surface area contributed by atoms with Gasteiger partial charge in [0.1, 0.15) is 0 Å². The average Bonchev–Trinajstić information content (AvgIpc) is 1.36. The van der Waals surface area contributed by atoms with Crippen LogP contribution in [0.25, 0.3) is 0 Å². The molecule has 0 aromatic heterocycles. The van der Waals surface area contributed by atoms with Gasteiger partial charge in [-0.15, -0.1) is 0 Å². The fourth-order valence-electron chi connectivity index (χ4n) is 0. The Balaban J connectivity index is -0.0000000750. The molecule has 0 aliphatic heterocycles.